The summed E-state index contributed by atoms with van der Waals surface area (Å²) < 4.78 is 31.8. The second-order valence-electron chi connectivity index (χ2n) is 23.2. The number of carbonyl (C=O) groups excluding carboxylic acids is 1. The number of anilines is 2. The number of ether oxygens (including phenoxy) is 3. The van der Waals surface area contributed by atoms with Gasteiger partial charge in [0, 0.05) is 71.1 Å². The van der Waals surface area contributed by atoms with Gasteiger partial charge in [0.25, 0.3) is 0 Å². The van der Waals surface area contributed by atoms with Crippen LogP contribution in [0.5, 0.6) is 0 Å². The number of esters is 1. The Bertz CT molecular complexity index is 3720. The number of thiazole rings is 2. The van der Waals surface area contributed by atoms with E-state index in [2.05, 4.69) is 47.8 Å². The molecule has 6 aliphatic rings. The molecule has 2 aliphatic heterocycles. The number of carboxylic acid groups (broad SMARTS) is 1. The van der Waals surface area contributed by atoms with Gasteiger partial charge in [-0.15, -0.1) is 0 Å². The number of aromatic carboxylic acids is 1. The molecule has 14 nitrogen and oxygen atoms in total. The third kappa shape index (κ3) is 10.4. The molecule has 0 unspecified atom stereocenters. The molecular formula is C61H60Cl4N6O8S2. The van der Waals surface area contributed by atoms with Gasteiger partial charge in [-0.25, -0.2) is 19.6 Å². The summed E-state index contributed by atoms with van der Waals surface area (Å²) in [4.78, 5) is 38.9. The van der Waals surface area contributed by atoms with E-state index in [1.165, 1.54) is 7.11 Å². The molecule has 6 fully saturated rings. The molecule has 0 radical (unpaired) electrons. The number of halogens is 4. The number of hydrogen-bond acceptors (Lipinski definition) is 15. The Labute approximate surface area is 496 Å². The van der Waals surface area contributed by atoms with Crippen LogP contribution in [0.1, 0.15) is 157 Å². The van der Waals surface area contributed by atoms with E-state index >= 15 is 0 Å². The molecule has 81 heavy (non-hydrogen) atoms. The van der Waals surface area contributed by atoms with E-state index in [4.69, 9.17) is 79.6 Å². The first kappa shape index (κ1) is 54.9. The minimum atomic E-state index is -0.906. The van der Waals surface area contributed by atoms with Gasteiger partial charge in [-0.1, -0.05) is 119 Å². The maximum atomic E-state index is 12.3. The van der Waals surface area contributed by atoms with Crippen molar-refractivity contribution in [3.63, 3.8) is 0 Å². The van der Waals surface area contributed by atoms with Crippen LogP contribution in [-0.2, 0) is 27.4 Å². The van der Waals surface area contributed by atoms with Crippen molar-refractivity contribution in [1.82, 2.24) is 20.3 Å². The zero-order chi connectivity index (χ0) is 56.1. The molecular weight excluding hydrogens is 1150 g/mol. The zero-order valence-corrected chi connectivity index (χ0v) is 50.0. The first-order valence-corrected chi connectivity index (χ1v) is 31.1. The molecule has 4 bridgehead atoms. The normalized spacial score (nSPS) is 22.1. The minimum Gasteiger partial charge on any atom is -0.478 e. The minimum absolute atomic E-state index is 0.136. The van der Waals surface area contributed by atoms with E-state index in [9.17, 15) is 14.7 Å². The number of benzene rings is 4. The van der Waals surface area contributed by atoms with Crippen molar-refractivity contribution in [2.45, 2.75) is 140 Å². The van der Waals surface area contributed by atoms with E-state index in [-0.39, 0.29) is 30.0 Å². The van der Waals surface area contributed by atoms with E-state index in [0.29, 0.717) is 103 Å². The van der Waals surface area contributed by atoms with Crippen LogP contribution in [0.3, 0.4) is 0 Å². The Balaban J connectivity index is 0.000000153. The highest BCUT2D eigenvalue weighted by atomic mass is 35.5. The van der Waals surface area contributed by atoms with Crippen molar-refractivity contribution in [2.75, 3.05) is 30.0 Å². The molecule has 4 aromatic carbocycles. The number of methoxy groups -OCH3 is 1. The molecule has 0 spiro atoms. The summed E-state index contributed by atoms with van der Waals surface area (Å²) in [6, 6.07) is 19.0. The van der Waals surface area contributed by atoms with E-state index in [1.54, 1.807) is 34.8 Å². The lowest BCUT2D eigenvalue weighted by Crippen LogP contribution is -2.38. The first-order valence-electron chi connectivity index (χ1n) is 27.9. The van der Waals surface area contributed by atoms with Crippen LogP contribution < -0.4 is 9.80 Å². The van der Waals surface area contributed by atoms with Gasteiger partial charge in [0.1, 0.15) is 22.9 Å². The highest BCUT2D eigenvalue weighted by Gasteiger charge is 2.48. The lowest BCUT2D eigenvalue weighted by atomic mass is 9.99. The summed E-state index contributed by atoms with van der Waals surface area (Å²) in [6.07, 6.45) is 8.67. The predicted octanol–water partition coefficient (Wildman–Crippen LogP) is 16.4. The van der Waals surface area contributed by atoms with Gasteiger partial charge in [0.15, 0.2) is 10.3 Å². The van der Waals surface area contributed by atoms with Crippen LogP contribution in [-0.4, -0.2) is 81.8 Å². The van der Waals surface area contributed by atoms with Gasteiger partial charge < -0.3 is 38.2 Å². The number of rotatable bonds is 16. The first-order chi connectivity index (χ1) is 39.1. The molecule has 8 aromatic rings. The molecule has 14 rings (SSSR count). The van der Waals surface area contributed by atoms with E-state index in [1.807, 2.05) is 48.5 Å². The number of hydrogen-bond donors (Lipinski definition) is 1. The number of carbonyl (C=O) groups is 2. The van der Waals surface area contributed by atoms with Crippen LogP contribution in [0.4, 0.5) is 10.3 Å². The summed E-state index contributed by atoms with van der Waals surface area (Å²) in [5, 5.41) is 22.6. The van der Waals surface area contributed by atoms with Crippen LogP contribution in [0.25, 0.3) is 42.9 Å². The number of nitrogens with zero attached hydrogens (tertiary/aromatic N) is 6. The Morgan fingerprint density at radius 2 is 1.06 bits per heavy atom. The molecule has 0 amide bonds. The van der Waals surface area contributed by atoms with Gasteiger partial charge in [0.2, 0.25) is 0 Å². The highest BCUT2D eigenvalue weighted by Crippen LogP contribution is 2.51. The molecule has 20 heteroatoms. The Kier molecular flexibility index (Phi) is 14.9. The van der Waals surface area contributed by atoms with E-state index in [0.717, 1.165) is 129 Å². The van der Waals surface area contributed by atoms with Crippen molar-refractivity contribution in [3.8, 4) is 22.5 Å². The number of piperidine rings is 2. The Hall–Kier alpha value is -5.30. The monoisotopic (exact) mass is 1210 g/mol. The number of fused-ring (bicyclic) bond motifs is 6. The average Bonchev–Trinajstić information content (AvgIpc) is 3.90. The van der Waals surface area contributed by atoms with Crippen molar-refractivity contribution < 1.29 is 38.0 Å². The van der Waals surface area contributed by atoms with Gasteiger partial charge >= 0.3 is 11.9 Å². The summed E-state index contributed by atoms with van der Waals surface area (Å²) in [5.74, 6) is 2.59. The van der Waals surface area contributed by atoms with Crippen LogP contribution in [0, 0.1) is 11.8 Å². The third-order valence-corrected chi connectivity index (χ3v) is 20.5. The quantitative estimate of drug-likeness (QED) is 0.0908. The smallest absolute Gasteiger partial charge is 0.337 e. The fourth-order valence-corrected chi connectivity index (χ4v) is 16.1. The van der Waals surface area contributed by atoms with Crippen LogP contribution in [0.15, 0.2) is 69.7 Å². The largest absolute Gasteiger partial charge is 0.478 e. The van der Waals surface area contributed by atoms with Crippen LogP contribution >= 0.6 is 69.1 Å². The topological polar surface area (TPSA) is 166 Å². The second-order valence-corrected chi connectivity index (χ2v) is 26.8. The van der Waals surface area contributed by atoms with Gasteiger partial charge in [-0.05, 0) is 123 Å². The zero-order valence-electron chi connectivity index (χ0n) is 45.3. The Morgan fingerprint density at radius 1 is 0.642 bits per heavy atom. The maximum absolute atomic E-state index is 12.3. The van der Waals surface area contributed by atoms with Crippen molar-refractivity contribution >= 4 is 112 Å². The maximum Gasteiger partial charge on any atom is 0.337 e. The number of aromatic nitrogens is 4. The predicted molar refractivity (Wildman–Crippen MR) is 318 cm³/mol. The molecule has 6 atom stereocenters. The van der Waals surface area contributed by atoms with Crippen molar-refractivity contribution in [2.24, 2.45) is 11.8 Å². The van der Waals surface area contributed by atoms with Crippen molar-refractivity contribution in [3.05, 3.63) is 126 Å². The highest BCUT2D eigenvalue weighted by molar-refractivity contribution is 7.22. The van der Waals surface area contributed by atoms with Crippen molar-refractivity contribution in [1.29, 1.82) is 0 Å². The van der Waals surface area contributed by atoms with Gasteiger partial charge in [-0.3, -0.25) is 0 Å². The Morgan fingerprint density at radius 3 is 1.43 bits per heavy atom. The standard InChI is InChI=1S/C31H31Cl2N3O4S.C30H29Cl2N3O4S/c1-15(2)20-10-17(30(37)38-3)11-25-27(20)34-31(41-25)36-13-18-9-19(36)12-24(18)39-14-21-28(35-40-29(21)16-7-8-16)26-22(32)5-4-6-23(26)33;1-14(2)19-9-16(29(36)37)10-24-26(19)33-30(40-24)35-12-17-8-18(35)11-23(17)38-13-20-27(34-39-28(20)15-6-7-15)25-21(31)4-3-5-22(25)32/h4-6,10-11,15-16,18-19,24H,7-9,12-14H2,1-3H3;3-5,9-10,14-15,17-18,23H,6-8,11-13H2,1-2H3,(H,36,37)/t18-,19-,24+;17-,18-,23+/m00/s1. The fraction of sp³-hybridized carbons (Fsp3) is 0.443. The molecule has 1 N–H and O–H groups in total. The number of carboxylic acids is 1. The van der Waals surface area contributed by atoms with E-state index < -0.39 is 5.97 Å². The summed E-state index contributed by atoms with van der Waals surface area (Å²) >= 11 is 29.4. The van der Waals surface area contributed by atoms with Crippen LogP contribution in [0.2, 0.25) is 20.1 Å². The van der Waals surface area contributed by atoms with Gasteiger partial charge in [-0.2, -0.15) is 0 Å². The summed E-state index contributed by atoms with van der Waals surface area (Å²) in [7, 11) is 1.42. The molecule has 4 aliphatic carbocycles. The SMILES string of the molecule is CC(C)c1cc(C(=O)O)cc2sc(N3C[C@@H]4C[C@H]3C[C@H]4OCc3c(-c4c(Cl)cccc4Cl)noc3C3CC3)nc12.COC(=O)c1cc(C(C)C)c2nc(N3C[C@@H]4C[C@H]3C[C@H]4OCc3c(-c4c(Cl)cccc4Cl)noc3C3CC3)sc2c1. The second kappa shape index (κ2) is 22.0. The molecule has 422 valence electrons. The van der Waals surface area contributed by atoms with Gasteiger partial charge in [0.05, 0.1) is 84.2 Å². The summed E-state index contributed by atoms with van der Waals surface area (Å²) in [6.45, 7) is 11.0. The lowest BCUT2D eigenvalue weighted by molar-refractivity contribution is 0.0122. The molecule has 4 aromatic heterocycles. The average molecular weight is 1210 g/mol. The molecule has 2 saturated heterocycles. The lowest BCUT2D eigenvalue weighted by Gasteiger charge is -2.31. The third-order valence-electron chi connectivity index (χ3n) is 17.2. The summed E-state index contributed by atoms with van der Waals surface area (Å²) in [5.41, 5.74) is 9.55. The molecule has 6 heterocycles. The fourth-order valence-electron chi connectivity index (χ4n) is 12.7. The molecule has 4 saturated carbocycles.